The summed E-state index contributed by atoms with van der Waals surface area (Å²) >= 11 is 0. The van der Waals surface area contributed by atoms with E-state index in [-0.39, 0.29) is 5.91 Å². The molecule has 0 atom stereocenters. The second-order valence-corrected chi connectivity index (χ2v) is 4.24. The predicted octanol–water partition coefficient (Wildman–Crippen LogP) is 2.24. The van der Waals surface area contributed by atoms with Crippen LogP contribution in [-0.2, 0) is 11.2 Å². The van der Waals surface area contributed by atoms with Crippen LogP contribution in [0.3, 0.4) is 0 Å². The predicted molar refractivity (Wildman–Crippen MR) is 71.6 cm³/mol. The maximum atomic E-state index is 12.1. The van der Waals surface area contributed by atoms with E-state index in [1.807, 2.05) is 38.1 Å². The van der Waals surface area contributed by atoms with Crippen LogP contribution in [0.2, 0.25) is 0 Å². The average molecular weight is 232 g/mol. The molecule has 0 saturated heterocycles. The Balaban J connectivity index is 2.71. The van der Waals surface area contributed by atoms with Gasteiger partial charge in [0.2, 0.25) is 5.91 Å². The van der Waals surface area contributed by atoms with Gasteiger partial charge in [-0.05, 0) is 25.5 Å². The summed E-state index contributed by atoms with van der Waals surface area (Å²) < 4.78 is 0. The smallest absolute Gasteiger partial charge is 0.227 e. The number of carbonyl (C=O) groups excluding carboxylic acids is 1. The zero-order chi connectivity index (χ0) is 12.8. The van der Waals surface area contributed by atoms with Crippen molar-refractivity contribution in [1.29, 1.82) is 0 Å². The molecule has 1 aromatic carbocycles. The largest absolute Gasteiger partial charge is 0.398 e. The molecule has 1 rings (SSSR count). The number of carbonyl (C=O) groups is 1. The van der Waals surface area contributed by atoms with Crippen molar-refractivity contribution in [2.75, 3.05) is 18.8 Å². The molecule has 0 spiro atoms. The van der Waals surface area contributed by atoms with Gasteiger partial charge >= 0.3 is 0 Å². The van der Waals surface area contributed by atoms with E-state index >= 15 is 0 Å². The van der Waals surface area contributed by atoms with Crippen molar-refractivity contribution in [1.82, 2.24) is 4.90 Å². The van der Waals surface area contributed by atoms with Gasteiger partial charge in [-0.2, -0.15) is 0 Å². The molecular formula is C14H20N2O. The van der Waals surface area contributed by atoms with Crippen LogP contribution in [-0.4, -0.2) is 23.9 Å². The summed E-state index contributed by atoms with van der Waals surface area (Å²) in [6, 6.07) is 7.47. The Hall–Kier alpha value is -1.77. The van der Waals surface area contributed by atoms with Gasteiger partial charge < -0.3 is 10.6 Å². The number of amides is 1. The molecule has 0 aliphatic carbocycles. The molecule has 1 amide bonds. The number of nitrogen functional groups attached to an aromatic ring is 1. The third-order valence-electron chi connectivity index (χ3n) is 2.59. The molecule has 0 fully saturated rings. The first-order valence-electron chi connectivity index (χ1n) is 5.80. The van der Waals surface area contributed by atoms with E-state index in [9.17, 15) is 4.79 Å². The number of hydrogen-bond donors (Lipinski definition) is 1. The third-order valence-corrected chi connectivity index (χ3v) is 2.59. The van der Waals surface area contributed by atoms with Gasteiger partial charge in [0, 0.05) is 18.8 Å². The molecule has 92 valence electrons. The minimum absolute atomic E-state index is 0.0911. The summed E-state index contributed by atoms with van der Waals surface area (Å²) in [7, 11) is 0. The van der Waals surface area contributed by atoms with Gasteiger partial charge in [0.1, 0.15) is 0 Å². The summed E-state index contributed by atoms with van der Waals surface area (Å²) in [5.74, 6) is 0.0911. The summed E-state index contributed by atoms with van der Waals surface area (Å²) in [5.41, 5.74) is 8.37. The molecule has 17 heavy (non-hydrogen) atoms. The first-order chi connectivity index (χ1) is 8.04. The first-order valence-corrected chi connectivity index (χ1v) is 5.80. The van der Waals surface area contributed by atoms with Gasteiger partial charge in [0.15, 0.2) is 0 Å². The molecule has 0 unspecified atom stereocenters. The van der Waals surface area contributed by atoms with Crippen LogP contribution >= 0.6 is 0 Å². The van der Waals surface area contributed by atoms with E-state index in [4.69, 9.17) is 5.73 Å². The number of para-hydroxylation sites is 1. The lowest BCUT2D eigenvalue weighted by Crippen LogP contribution is -2.33. The molecular weight excluding hydrogens is 212 g/mol. The van der Waals surface area contributed by atoms with E-state index in [1.54, 1.807) is 4.90 Å². The third kappa shape index (κ3) is 3.94. The topological polar surface area (TPSA) is 46.3 Å². The zero-order valence-electron chi connectivity index (χ0n) is 10.6. The number of hydrogen-bond acceptors (Lipinski definition) is 2. The van der Waals surface area contributed by atoms with Gasteiger partial charge in [-0.25, -0.2) is 0 Å². The summed E-state index contributed by atoms with van der Waals surface area (Å²) in [5, 5.41) is 0. The fourth-order valence-electron chi connectivity index (χ4n) is 1.67. The van der Waals surface area contributed by atoms with Gasteiger partial charge in [-0.1, -0.05) is 30.4 Å². The van der Waals surface area contributed by atoms with Crippen LogP contribution in [0.25, 0.3) is 0 Å². The Bertz CT molecular complexity index is 412. The SMILES string of the molecule is C=C(C)CN(CC)C(=O)Cc1ccccc1N. The molecule has 0 aliphatic heterocycles. The highest BCUT2D eigenvalue weighted by molar-refractivity contribution is 5.80. The second-order valence-electron chi connectivity index (χ2n) is 4.24. The van der Waals surface area contributed by atoms with Gasteiger partial charge in [0.05, 0.1) is 6.42 Å². The molecule has 0 radical (unpaired) electrons. The fraction of sp³-hybridized carbons (Fsp3) is 0.357. The van der Waals surface area contributed by atoms with Crippen molar-refractivity contribution >= 4 is 11.6 Å². The summed E-state index contributed by atoms with van der Waals surface area (Å²) in [6.07, 6.45) is 0.355. The standard InChI is InChI=1S/C14H20N2O/c1-4-16(10-11(2)3)14(17)9-12-7-5-6-8-13(12)15/h5-8H,2,4,9-10,15H2,1,3H3. The highest BCUT2D eigenvalue weighted by Crippen LogP contribution is 2.12. The Kier molecular flexibility index (Phi) is 4.76. The van der Waals surface area contributed by atoms with Crippen molar-refractivity contribution in [3.63, 3.8) is 0 Å². The normalized spacial score (nSPS) is 10.0. The van der Waals surface area contributed by atoms with E-state index < -0.39 is 0 Å². The lowest BCUT2D eigenvalue weighted by Gasteiger charge is -2.21. The highest BCUT2D eigenvalue weighted by atomic mass is 16.2. The van der Waals surface area contributed by atoms with E-state index in [1.165, 1.54) is 0 Å². The van der Waals surface area contributed by atoms with E-state index in [2.05, 4.69) is 6.58 Å². The van der Waals surface area contributed by atoms with Crippen LogP contribution in [0, 0.1) is 0 Å². The number of anilines is 1. The number of rotatable bonds is 5. The minimum atomic E-state index is 0.0911. The molecule has 3 nitrogen and oxygen atoms in total. The second kappa shape index (κ2) is 6.09. The fourth-order valence-corrected chi connectivity index (χ4v) is 1.67. The lowest BCUT2D eigenvalue weighted by atomic mass is 10.1. The minimum Gasteiger partial charge on any atom is -0.398 e. The van der Waals surface area contributed by atoms with E-state index in [0.717, 1.165) is 11.1 Å². The Morgan fingerprint density at radius 2 is 2.06 bits per heavy atom. The number of nitrogens with two attached hydrogens (primary N) is 1. The van der Waals surface area contributed by atoms with Crippen molar-refractivity contribution in [3.8, 4) is 0 Å². The Morgan fingerprint density at radius 1 is 1.41 bits per heavy atom. The Morgan fingerprint density at radius 3 is 2.59 bits per heavy atom. The van der Waals surface area contributed by atoms with E-state index in [0.29, 0.717) is 25.2 Å². The monoisotopic (exact) mass is 232 g/mol. The molecule has 0 aromatic heterocycles. The molecule has 0 aliphatic rings. The van der Waals surface area contributed by atoms with Crippen LogP contribution < -0.4 is 5.73 Å². The molecule has 1 aromatic rings. The van der Waals surface area contributed by atoms with Crippen molar-refractivity contribution in [3.05, 3.63) is 42.0 Å². The van der Waals surface area contributed by atoms with Crippen molar-refractivity contribution < 1.29 is 4.79 Å². The average Bonchev–Trinajstić information content (AvgIpc) is 2.28. The van der Waals surface area contributed by atoms with Crippen LogP contribution in [0.4, 0.5) is 5.69 Å². The molecule has 0 bridgehead atoms. The van der Waals surface area contributed by atoms with Crippen LogP contribution in [0.1, 0.15) is 19.4 Å². The van der Waals surface area contributed by atoms with Crippen LogP contribution in [0.5, 0.6) is 0 Å². The Labute approximate surface area is 103 Å². The van der Waals surface area contributed by atoms with Crippen molar-refractivity contribution in [2.24, 2.45) is 0 Å². The lowest BCUT2D eigenvalue weighted by molar-refractivity contribution is -0.129. The number of likely N-dealkylation sites (N-methyl/N-ethyl adjacent to an activating group) is 1. The van der Waals surface area contributed by atoms with Gasteiger partial charge in [-0.3, -0.25) is 4.79 Å². The first kappa shape index (κ1) is 13.3. The molecule has 3 heteroatoms. The van der Waals surface area contributed by atoms with Gasteiger partial charge in [-0.15, -0.1) is 0 Å². The molecule has 0 saturated carbocycles. The quantitative estimate of drug-likeness (QED) is 0.625. The molecule has 2 N–H and O–H groups in total. The maximum Gasteiger partial charge on any atom is 0.227 e. The van der Waals surface area contributed by atoms with Crippen molar-refractivity contribution in [2.45, 2.75) is 20.3 Å². The van der Waals surface area contributed by atoms with Crippen LogP contribution in [0.15, 0.2) is 36.4 Å². The van der Waals surface area contributed by atoms with Gasteiger partial charge in [0.25, 0.3) is 0 Å². The zero-order valence-corrected chi connectivity index (χ0v) is 10.6. The highest BCUT2D eigenvalue weighted by Gasteiger charge is 2.13. The summed E-state index contributed by atoms with van der Waals surface area (Å²) in [6.45, 7) is 9.03. The molecule has 0 heterocycles. The number of nitrogens with zero attached hydrogens (tertiary/aromatic N) is 1. The number of benzene rings is 1. The maximum absolute atomic E-state index is 12.1. The summed E-state index contributed by atoms with van der Waals surface area (Å²) in [4.78, 5) is 13.8.